The molecule has 3 aromatic carbocycles. The highest BCUT2D eigenvalue weighted by molar-refractivity contribution is 7.99. The molecule has 0 unspecified atom stereocenters. The number of thioether (sulfide) groups is 1. The zero-order chi connectivity index (χ0) is 24.9. The number of nitrogens with one attached hydrogen (secondary N) is 2. The molecule has 1 saturated carbocycles. The molecule has 1 heterocycles. The van der Waals surface area contributed by atoms with E-state index in [1.807, 2.05) is 47.1 Å². The van der Waals surface area contributed by atoms with E-state index in [2.05, 4.69) is 20.7 Å². The number of benzene rings is 3. The van der Waals surface area contributed by atoms with E-state index in [1.165, 1.54) is 11.8 Å². The van der Waals surface area contributed by atoms with Gasteiger partial charge in [0.05, 0.1) is 24.2 Å². The van der Waals surface area contributed by atoms with Gasteiger partial charge < -0.3 is 15.4 Å². The summed E-state index contributed by atoms with van der Waals surface area (Å²) in [6.07, 6.45) is 2.23. The fraction of sp³-hybridized carbons (Fsp3) is 0.185. The maximum absolute atomic E-state index is 12.6. The van der Waals surface area contributed by atoms with Crippen molar-refractivity contribution in [2.45, 2.75) is 23.9 Å². The van der Waals surface area contributed by atoms with Gasteiger partial charge in [0.2, 0.25) is 11.1 Å². The fourth-order valence-corrected chi connectivity index (χ4v) is 4.33. The minimum Gasteiger partial charge on any atom is -0.495 e. The molecule has 0 bridgehead atoms. The Hall–Kier alpha value is -4.11. The summed E-state index contributed by atoms with van der Waals surface area (Å²) in [6.45, 7) is 0. The van der Waals surface area contributed by atoms with Crippen LogP contribution in [0.15, 0.2) is 84.0 Å². The summed E-state index contributed by atoms with van der Waals surface area (Å²) in [5.41, 5.74) is 2.64. The van der Waals surface area contributed by atoms with E-state index in [-0.39, 0.29) is 17.6 Å². The van der Waals surface area contributed by atoms with Crippen LogP contribution in [0.1, 0.15) is 34.9 Å². The molecule has 1 aliphatic rings. The predicted molar refractivity (Wildman–Crippen MR) is 140 cm³/mol. The molecule has 8 nitrogen and oxygen atoms in total. The third kappa shape index (κ3) is 5.58. The van der Waals surface area contributed by atoms with Crippen LogP contribution in [-0.4, -0.2) is 39.4 Å². The Morgan fingerprint density at radius 1 is 0.972 bits per heavy atom. The van der Waals surface area contributed by atoms with Gasteiger partial charge in [-0.05, 0) is 61.4 Å². The normalized spacial score (nSPS) is 12.7. The summed E-state index contributed by atoms with van der Waals surface area (Å²) < 4.78 is 7.15. The molecule has 1 aliphatic carbocycles. The van der Waals surface area contributed by atoms with Gasteiger partial charge in [0.15, 0.2) is 0 Å². The lowest BCUT2D eigenvalue weighted by molar-refractivity contribution is -0.113. The van der Waals surface area contributed by atoms with Crippen LogP contribution in [0, 0.1) is 0 Å². The van der Waals surface area contributed by atoms with Crippen molar-refractivity contribution in [1.29, 1.82) is 0 Å². The van der Waals surface area contributed by atoms with Crippen LogP contribution >= 0.6 is 11.8 Å². The van der Waals surface area contributed by atoms with Crippen LogP contribution in [0.5, 0.6) is 5.75 Å². The van der Waals surface area contributed by atoms with Gasteiger partial charge in [0.1, 0.15) is 11.6 Å². The molecule has 0 spiro atoms. The minimum absolute atomic E-state index is 0.171. The molecule has 0 saturated heterocycles. The zero-order valence-electron chi connectivity index (χ0n) is 19.7. The number of amides is 2. The molecule has 2 amide bonds. The van der Waals surface area contributed by atoms with Gasteiger partial charge in [-0.2, -0.15) is 0 Å². The number of carbonyl (C=O) groups excluding carboxylic acids is 2. The van der Waals surface area contributed by atoms with Crippen LogP contribution in [0.3, 0.4) is 0 Å². The van der Waals surface area contributed by atoms with E-state index in [1.54, 1.807) is 43.5 Å². The smallest absolute Gasteiger partial charge is 0.255 e. The summed E-state index contributed by atoms with van der Waals surface area (Å²) in [4.78, 5) is 29.8. The molecule has 0 radical (unpaired) electrons. The van der Waals surface area contributed by atoms with Crippen LogP contribution < -0.4 is 15.4 Å². The average molecular weight is 500 g/mol. The van der Waals surface area contributed by atoms with Gasteiger partial charge in [-0.1, -0.05) is 42.1 Å². The van der Waals surface area contributed by atoms with Crippen LogP contribution in [0.25, 0.3) is 5.69 Å². The first-order valence-electron chi connectivity index (χ1n) is 11.6. The molecule has 5 rings (SSSR count). The topological polar surface area (TPSA) is 98.1 Å². The van der Waals surface area contributed by atoms with E-state index in [0.29, 0.717) is 33.8 Å². The van der Waals surface area contributed by atoms with Gasteiger partial charge >= 0.3 is 0 Å². The zero-order valence-corrected chi connectivity index (χ0v) is 20.5. The predicted octanol–water partition coefficient (Wildman–Crippen LogP) is 5.14. The molecule has 182 valence electrons. The Morgan fingerprint density at radius 2 is 1.69 bits per heavy atom. The summed E-state index contributed by atoms with van der Waals surface area (Å²) in [6, 6.07) is 23.9. The van der Waals surface area contributed by atoms with Gasteiger partial charge in [0, 0.05) is 17.2 Å². The molecule has 2 N–H and O–H groups in total. The monoisotopic (exact) mass is 499 g/mol. The highest BCUT2D eigenvalue weighted by Gasteiger charge is 2.30. The maximum Gasteiger partial charge on any atom is 0.255 e. The number of nitrogens with zero attached hydrogens (tertiary/aromatic N) is 3. The average Bonchev–Trinajstić information content (AvgIpc) is 3.67. The van der Waals surface area contributed by atoms with Gasteiger partial charge in [-0.25, -0.2) is 9.67 Å². The van der Waals surface area contributed by atoms with Gasteiger partial charge in [-0.3, -0.25) is 9.59 Å². The van der Waals surface area contributed by atoms with E-state index in [0.717, 1.165) is 24.4 Å². The minimum atomic E-state index is -0.264. The molecule has 4 aromatic rings. The van der Waals surface area contributed by atoms with E-state index in [9.17, 15) is 9.59 Å². The summed E-state index contributed by atoms with van der Waals surface area (Å²) >= 11 is 1.30. The lowest BCUT2D eigenvalue weighted by atomic mass is 10.2. The Kier molecular flexibility index (Phi) is 6.99. The Balaban J connectivity index is 1.17. The number of para-hydroxylation sites is 3. The summed E-state index contributed by atoms with van der Waals surface area (Å²) in [7, 11) is 1.55. The first-order valence-corrected chi connectivity index (χ1v) is 12.6. The third-order valence-corrected chi connectivity index (χ3v) is 6.51. The van der Waals surface area contributed by atoms with E-state index in [4.69, 9.17) is 4.74 Å². The standard InChI is InChI=1S/C27H25N5O3S/c1-35-23-10-6-5-9-22(23)29-26(34)19-13-15-20(16-14-19)28-24(33)17-36-27-30-25(18-11-12-18)32(31-27)21-7-3-2-4-8-21/h2-10,13-16,18H,11-12,17H2,1H3,(H,28,33)(H,29,34). The fourth-order valence-electron chi connectivity index (χ4n) is 3.71. The van der Waals surface area contributed by atoms with Crippen molar-refractivity contribution in [3.63, 3.8) is 0 Å². The van der Waals surface area contributed by atoms with E-state index >= 15 is 0 Å². The summed E-state index contributed by atoms with van der Waals surface area (Å²) in [5.74, 6) is 1.71. The number of methoxy groups -OCH3 is 1. The molecule has 0 atom stereocenters. The SMILES string of the molecule is COc1ccccc1NC(=O)c1ccc(NC(=O)CSc2nc(C3CC3)n(-c3ccccc3)n2)cc1. The quantitative estimate of drug-likeness (QED) is 0.310. The number of hydrogen-bond acceptors (Lipinski definition) is 6. The largest absolute Gasteiger partial charge is 0.495 e. The number of anilines is 2. The number of hydrogen-bond donors (Lipinski definition) is 2. The van der Waals surface area contributed by atoms with Crippen molar-refractivity contribution in [2.24, 2.45) is 0 Å². The summed E-state index contributed by atoms with van der Waals surface area (Å²) in [5, 5.41) is 10.9. The third-order valence-electron chi connectivity index (χ3n) is 5.67. The van der Waals surface area contributed by atoms with Gasteiger partial charge in [0.25, 0.3) is 5.91 Å². The highest BCUT2D eigenvalue weighted by atomic mass is 32.2. The Labute approximate surface area is 213 Å². The van der Waals surface area contributed by atoms with Crippen LogP contribution in [0.2, 0.25) is 0 Å². The first-order chi connectivity index (χ1) is 17.6. The molecule has 9 heteroatoms. The number of aromatic nitrogens is 3. The van der Waals surface area contributed by atoms with E-state index < -0.39 is 0 Å². The van der Waals surface area contributed by atoms with Crippen LogP contribution in [-0.2, 0) is 4.79 Å². The molecule has 1 fully saturated rings. The maximum atomic E-state index is 12.6. The van der Waals surface area contributed by atoms with Crippen LogP contribution in [0.4, 0.5) is 11.4 Å². The molecule has 36 heavy (non-hydrogen) atoms. The molecular weight excluding hydrogens is 474 g/mol. The van der Waals surface area contributed by atoms with Crippen molar-refractivity contribution >= 4 is 35.0 Å². The second kappa shape index (κ2) is 10.7. The van der Waals surface area contributed by atoms with Crippen molar-refractivity contribution < 1.29 is 14.3 Å². The molecule has 1 aromatic heterocycles. The number of rotatable bonds is 9. The van der Waals surface area contributed by atoms with Gasteiger partial charge in [-0.15, -0.1) is 5.10 Å². The highest BCUT2D eigenvalue weighted by Crippen LogP contribution is 2.40. The Bertz CT molecular complexity index is 1370. The second-order valence-electron chi connectivity index (χ2n) is 8.34. The van der Waals surface area contributed by atoms with Crippen molar-refractivity contribution in [1.82, 2.24) is 14.8 Å². The molecule has 0 aliphatic heterocycles. The van der Waals surface area contributed by atoms with Crippen molar-refractivity contribution in [3.8, 4) is 11.4 Å². The number of ether oxygens (including phenoxy) is 1. The first kappa shape index (κ1) is 23.6. The lowest BCUT2D eigenvalue weighted by Gasteiger charge is -2.10. The van der Waals surface area contributed by atoms with Crippen molar-refractivity contribution in [3.05, 3.63) is 90.3 Å². The second-order valence-corrected chi connectivity index (χ2v) is 9.29. The Morgan fingerprint density at radius 3 is 2.42 bits per heavy atom. The number of carbonyl (C=O) groups is 2. The molecular formula is C27H25N5O3S. The lowest BCUT2D eigenvalue weighted by Crippen LogP contribution is -2.15. The van der Waals surface area contributed by atoms with Crippen molar-refractivity contribution in [2.75, 3.05) is 23.5 Å².